The minimum absolute atomic E-state index is 0.0127. The molecule has 2 bridgehead atoms. The lowest BCUT2D eigenvalue weighted by Crippen LogP contribution is -2.71. The molecule has 10 heteroatoms. The van der Waals surface area contributed by atoms with E-state index in [-0.39, 0.29) is 36.9 Å². The summed E-state index contributed by atoms with van der Waals surface area (Å²) >= 11 is 0. The third-order valence-corrected chi connectivity index (χ3v) is 11.8. The molecule has 12 atom stereocenters. The van der Waals surface area contributed by atoms with Crippen molar-refractivity contribution in [2.45, 2.75) is 95.4 Å². The van der Waals surface area contributed by atoms with Gasteiger partial charge in [0.15, 0.2) is 11.5 Å². The Hall–Kier alpha value is -2.36. The van der Waals surface area contributed by atoms with Gasteiger partial charge in [0.05, 0.1) is 6.10 Å². The van der Waals surface area contributed by atoms with Crippen LogP contribution in [0.25, 0.3) is 0 Å². The first kappa shape index (κ1) is 27.8. The number of esters is 1. The number of hydrogen-bond acceptors (Lipinski definition) is 7. The highest BCUT2D eigenvalue weighted by Gasteiger charge is 2.79. The van der Waals surface area contributed by atoms with Crippen molar-refractivity contribution in [3.8, 4) is 0 Å². The molecule has 0 aromatic rings. The maximum atomic E-state index is 17.5. The Kier molecular flexibility index (Phi) is 6.30. The fourth-order valence-electron chi connectivity index (χ4n) is 9.98. The number of halogens is 3. The van der Waals surface area contributed by atoms with Crippen molar-refractivity contribution < 1.29 is 46.9 Å². The molecule has 0 aliphatic heterocycles. The van der Waals surface area contributed by atoms with Crippen LogP contribution in [0.3, 0.4) is 0 Å². The molecule has 6 aliphatic rings. The molecule has 0 aromatic heterocycles. The van der Waals surface area contributed by atoms with Gasteiger partial charge in [-0.3, -0.25) is 4.79 Å². The van der Waals surface area contributed by atoms with Gasteiger partial charge in [0.25, 0.3) is 0 Å². The summed E-state index contributed by atoms with van der Waals surface area (Å²) in [5, 5.41) is 11.6. The highest BCUT2D eigenvalue weighted by molar-refractivity contribution is 6.01. The maximum Gasteiger partial charge on any atom is 0.509 e. The fourth-order valence-corrected chi connectivity index (χ4v) is 9.98. The first-order valence-corrected chi connectivity index (χ1v) is 14.4. The zero-order chi connectivity index (χ0) is 28.8. The first-order chi connectivity index (χ1) is 18.8. The minimum Gasteiger partial charge on any atom is -0.431 e. The van der Waals surface area contributed by atoms with Crippen molar-refractivity contribution >= 4 is 17.9 Å². The van der Waals surface area contributed by atoms with Crippen molar-refractivity contribution in [1.29, 1.82) is 0 Å². The number of fused-ring (bicyclic) bond motifs is 7. The molecule has 0 radical (unpaired) electrons. The molecule has 0 unspecified atom stereocenters. The Morgan fingerprint density at radius 2 is 1.88 bits per heavy atom. The Bertz CT molecular complexity index is 1190. The van der Waals surface area contributed by atoms with Gasteiger partial charge in [-0.1, -0.05) is 19.9 Å². The van der Waals surface area contributed by atoms with E-state index in [1.807, 2.05) is 0 Å². The van der Waals surface area contributed by atoms with E-state index in [1.165, 1.54) is 19.1 Å². The topological polar surface area (TPSA) is 99.1 Å². The summed E-state index contributed by atoms with van der Waals surface area (Å²) in [5.41, 5.74) is -7.48. The quantitative estimate of drug-likeness (QED) is 0.473. The summed E-state index contributed by atoms with van der Waals surface area (Å²) < 4.78 is 63.0. The standard InChI is InChI=1S/C30H37F3O7/c1-15-8-19-20-12-22(32)21-11-18(34)6-7-27(21,2)29(20,33)24(35)13-28(19,3)30(15,25(36)38-14-31)40-26(37)39-23-10-16-4-5-17(23)9-16/h6-7,11,15-17,19-20,22-24,35H,4-5,8-10,12-14H2,1-3H3/t15-,16+,17-,19+,20+,22+,23+,24+,27+,28+,29+,30+/m1/s1. The first-order valence-electron chi connectivity index (χ1n) is 14.4. The molecule has 220 valence electrons. The van der Waals surface area contributed by atoms with Crippen molar-refractivity contribution in [2.24, 2.45) is 40.4 Å². The number of aliphatic hydroxyl groups is 1. The lowest BCUT2D eigenvalue weighted by Gasteiger charge is -2.62. The van der Waals surface area contributed by atoms with Crippen molar-refractivity contribution in [3.05, 3.63) is 23.8 Å². The molecule has 0 saturated heterocycles. The van der Waals surface area contributed by atoms with Crippen LogP contribution >= 0.6 is 0 Å². The van der Waals surface area contributed by atoms with E-state index in [9.17, 15) is 23.9 Å². The summed E-state index contributed by atoms with van der Waals surface area (Å²) in [7, 11) is 0. The van der Waals surface area contributed by atoms with E-state index >= 15 is 8.78 Å². The average Bonchev–Trinajstić information content (AvgIpc) is 3.56. The van der Waals surface area contributed by atoms with E-state index < -0.39 is 76.9 Å². The van der Waals surface area contributed by atoms with Crippen LogP contribution in [0.2, 0.25) is 0 Å². The molecule has 5 fully saturated rings. The van der Waals surface area contributed by atoms with Gasteiger partial charge in [0, 0.05) is 22.7 Å². The van der Waals surface area contributed by atoms with Gasteiger partial charge >= 0.3 is 12.1 Å². The van der Waals surface area contributed by atoms with Crippen LogP contribution in [0.15, 0.2) is 23.8 Å². The molecule has 0 heterocycles. The van der Waals surface area contributed by atoms with Crippen LogP contribution < -0.4 is 0 Å². The minimum atomic E-state index is -2.37. The zero-order valence-corrected chi connectivity index (χ0v) is 23.0. The summed E-state index contributed by atoms with van der Waals surface area (Å²) in [4.78, 5) is 38.9. The number of alkyl halides is 3. The number of aliphatic hydroxyl groups excluding tert-OH is 1. The lowest BCUT2D eigenvalue weighted by atomic mass is 9.44. The number of rotatable bonds is 4. The van der Waals surface area contributed by atoms with Crippen molar-refractivity contribution in [2.75, 3.05) is 6.86 Å². The third kappa shape index (κ3) is 3.43. The smallest absolute Gasteiger partial charge is 0.431 e. The summed E-state index contributed by atoms with van der Waals surface area (Å²) in [6.07, 6.45) is 2.04. The maximum absolute atomic E-state index is 17.5. The fraction of sp³-hybridized carbons (Fsp3) is 0.767. The molecule has 0 amide bonds. The molecule has 5 saturated carbocycles. The van der Waals surface area contributed by atoms with Gasteiger partial charge in [-0.05, 0) is 87.3 Å². The normalized spacial score (nSPS) is 50.5. The number of hydrogen-bond donors (Lipinski definition) is 1. The van der Waals surface area contributed by atoms with E-state index in [1.54, 1.807) is 13.8 Å². The largest absolute Gasteiger partial charge is 0.509 e. The van der Waals surface area contributed by atoms with Crippen molar-refractivity contribution in [3.63, 3.8) is 0 Å². The second-order valence-corrected chi connectivity index (χ2v) is 13.5. The monoisotopic (exact) mass is 566 g/mol. The van der Waals surface area contributed by atoms with Crippen LogP contribution in [0.4, 0.5) is 18.0 Å². The van der Waals surface area contributed by atoms with Gasteiger partial charge in [-0.2, -0.15) is 0 Å². The van der Waals surface area contributed by atoms with Crippen LogP contribution in [-0.4, -0.2) is 59.5 Å². The second kappa shape index (κ2) is 9.07. The molecule has 0 spiro atoms. The number of carbonyl (C=O) groups excluding carboxylic acids is 3. The molecular formula is C30H37F3O7. The highest BCUT2D eigenvalue weighted by atomic mass is 19.1. The van der Waals surface area contributed by atoms with Gasteiger partial charge < -0.3 is 19.3 Å². The highest BCUT2D eigenvalue weighted by Crippen LogP contribution is 2.71. The molecule has 6 rings (SSSR count). The number of allylic oxidation sites excluding steroid dienone is 4. The zero-order valence-electron chi connectivity index (χ0n) is 23.0. The van der Waals surface area contributed by atoms with Gasteiger partial charge in [-0.15, -0.1) is 0 Å². The number of ketones is 1. The van der Waals surface area contributed by atoms with Crippen LogP contribution in [0, 0.1) is 40.4 Å². The predicted octanol–water partition coefficient (Wildman–Crippen LogP) is 5.10. The van der Waals surface area contributed by atoms with E-state index in [0.717, 1.165) is 25.3 Å². The molecule has 6 aliphatic carbocycles. The molecule has 40 heavy (non-hydrogen) atoms. The van der Waals surface area contributed by atoms with Crippen LogP contribution in [-0.2, 0) is 23.8 Å². The number of carbonyl (C=O) groups is 3. The van der Waals surface area contributed by atoms with Gasteiger partial charge in [-0.25, -0.2) is 22.8 Å². The number of ether oxygens (including phenoxy) is 3. The van der Waals surface area contributed by atoms with Gasteiger partial charge in [0.2, 0.25) is 12.5 Å². The Morgan fingerprint density at radius 3 is 2.52 bits per heavy atom. The van der Waals surface area contributed by atoms with E-state index in [4.69, 9.17) is 14.2 Å². The Balaban J connectivity index is 1.38. The lowest BCUT2D eigenvalue weighted by molar-refractivity contribution is -0.235. The van der Waals surface area contributed by atoms with E-state index in [0.29, 0.717) is 12.3 Å². The Morgan fingerprint density at radius 1 is 1.12 bits per heavy atom. The molecular weight excluding hydrogens is 529 g/mol. The SMILES string of the molecule is C[C@@H]1C[C@H]2[C@@H]3C[C@H](F)C4=CC(=O)C=C[C@]4(C)[C@@]3(F)[C@@H](O)C[C@]2(C)[C@@]1(OC(=O)O[C@H]1C[C@H]2CC[C@@H]1C2)C(=O)OCF. The summed E-state index contributed by atoms with van der Waals surface area (Å²) in [5.74, 6) is -3.46. The van der Waals surface area contributed by atoms with Crippen molar-refractivity contribution in [1.82, 2.24) is 0 Å². The van der Waals surface area contributed by atoms with Crippen LogP contribution in [0.1, 0.15) is 65.7 Å². The third-order valence-electron chi connectivity index (χ3n) is 11.8. The van der Waals surface area contributed by atoms with E-state index in [2.05, 4.69) is 0 Å². The van der Waals surface area contributed by atoms with Crippen LogP contribution in [0.5, 0.6) is 0 Å². The Labute approximate surface area is 231 Å². The van der Waals surface area contributed by atoms with Gasteiger partial charge in [0.1, 0.15) is 12.3 Å². The molecule has 0 aromatic carbocycles. The summed E-state index contributed by atoms with van der Waals surface area (Å²) in [6, 6.07) is 0. The second-order valence-electron chi connectivity index (χ2n) is 13.5. The predicted molar refractivity (Wildman–Crippen MR) is 135 cm³/mol. The molecule has 7 nitrogen and oxygen atoms in total. The molecule has 1 N–H and O–H groups in total. The summed E-state index contributed by atoms with van der Waals surface area (Å²) in [6.45, 7) is 3.27. The average molecular weight is 567 g/mol.